The maximum absolute atomic E-state index is 12.2. The van der Waals surface area contributed by atoms with Gasteiger partial charge in [0.1, 0.15) is 16.9 Å². The van der Waals surface area contributed by atoms with Gasteiger partial charge in [-0.15, -0.1) is 40.5 Å². The number of aryl methyl sites for hydroxylation is 1. The summed E-state index contributed by atoms with van der Waals surface area (Å²) in [7, 11) is 0. The minimum absolute atomic E-state index is 0. The number of rotatable bonds is 10. The summed E-state index contributed by atoms with van der Waals surface area (Å²) in [6.45, 7) is 25.7. The predicted octanol–water partition coefficient (Wildman–Crippen LogP) is 14.3. The Kier molecular flexibility index (Phi) is 13.3. The third kappa shape index (κ3) is 8.36. The molecule has 3 aromatic heterocycles. The number of aromatic nitrogens is 1. The molecule has 1 N–H and O–H groups in total. The number of hydrogen-bond acceptors (Lipinski definition) is 5. The summed E-state index contributed by atoms with van der Waals surface area (Å²) in [4.78, 5) is 18.5. The van der Waals surface area contributed by atoms with E-state index < -0.39 is 0 Å². The minimum atomic E-state index is -0.337. The van der Waals surface area contributed by atoms with Crippen molar-refractivity contribution in [3.8, 4) is 11.3 Å². The molecule has 0 aliphatic heterocycles. The second-order valence-electron chi connectivity index (χ2n) is 16.5. The molecule has 0 aliphatic rings. The van der Waals surface area contributed by atoms with E-state index in [4.69, 9.17) is 9.40 Å². The Labute approximate surface area is 334 Å². The van der Waals surface area contributed by atoms with E-state index in [9.17, 15) is 9.90 Å². The third-order valence-corrected chi connectivity index (χ3v) is 12.9. The number of hydrogen-bond donors (Lipinski definition) is 1. The average Bonchev–Trinajstić information content (AvgIpc) is 3.66. The third-order valence-electron chi connectivity index (χ3n) is 11.6. The number of fused-ring (bicyclic) bond motifs is 6. The quantitative estimate of drug-likeness (QED) is 0.0845. The number of furan rings is 1. The molecule has 6 heteroatoms. The molecule has 4 nitrogen and oxygen atoms in total. The van der Waals surface area contributed by atoms with E-state index in [-0.39, 0.29) is 47.9 Å². The zero-order valence-electron chi connectivity index (χ0n) is 33.8. The monoisotopic (exact) mass is 909 g/mol. The van der Waals surface area contributed by atoms with Crippen LogP contribution in [0, 0.1) is 29.7 Å². The Balaban J connectivity index is 0.000000299. The molecule has 0 amide bonds. The van der Waals surface area contributed by atoms with Crippen LogP contribution in [-0.2, 0) is 36.7 Å². The van der Waals surface area contributed by atoms with E-state index in [1.165, 1.54) is 42.9 Å². The maximum atomic E-state index is 12.2. The van der Waals surface area contributed by atoms with Crippen LogP contribution >= 0.6 is 11.3 Å². The molecule has 1 radical (unpaired) electrons. The summed E-state index contributed by atoms with van der Waals surface area (Å²) >= 11 is 1.92. The molecule has 6 aromatic rings. The van der Waals surface area contributed by atoms with E-state index in [2.05, 4.69) is 96.1 Å². The van der Waals surface area contributed by atoms with E-state index >= 15 is 0 Å². The Hall–Kier alpha value is -3.31. The van der Waals surface area contributed by atoms with Crippen LogP contribution in [0.15, 0.2) is 71.0 Å². The van der Waals surface area contributed by atoms with Crippen molar-refractivity contribution >= 4 is 59.9 Å². The number of benzene rings is 3. The van der Waals surface area contributed by atoms with Gasteiger partial charge in [-0.2, -0.15) is 0 Å². The van der Waals surface area contributed by atoms with Crippen LogP contribution in [0.1, 0.15) is 118 Å². The molecular formula is C47H58IrNO3S-. The smallest absolute Gasteiger partial charge is 0.164 e. The van der Waals surface area contributed by atoms with E-state index in [1.807, 2.05) is 59.1 Å². The largest absolute Gasteiger partial charge is 0.512 e. The molecule has 0 atom stereocenters. The molecular weight excluding hydrogens is 851 g/mol. The molecule has 0 saturated carbocycles. The Bertz CT molecular complexity index is 2260. The van der Waals surface area contributed by atoms with E-state index in [0.29, 0.717) is 5.92 Å². The van der Waals surface area contributed by atoms with Gasteiger partial charge < -0.3 is 9.52 Å². The molecule has 0 fully saturated rings. The number of carbonyl (C=O) groups excluding carboxylic acids is 1. The van der Waals surface area contributed by atoms with Gasteiger partial charge in [0.2, 0.25) is 0 Å². The van der Waals surface area contributed by atoms with E-state index in [1.54, 1.807) is 0 Å². The van der Waals surface area contributed by atoms with Gasteiger partial charge in [-0.1, -0.05) is 105 Å². The fraction of sp³-hybridized carbons (Fsp3) is 0.447. The van der Waals surface area contributed by atoms with Crippen molar-refractivity contribution in [2.75, 3.05) is 0 Å². The SMILES string of the molecule is CCC(C)(CC)C(=O)/C=C(\O)C(C)(CC)CC.Cc1c(CC(C)C)sc2ccc3oc4c(-c5[c-]c6ccccc6c(C(C)(C)C)c5)nccc4c3c12.[Ir]. The average molecular weight is 909 g/mol. The van der Waals surface area contributed by atoms with Crippen LogP contribution in [0.4, 0.5) is 0 Å². The second-order valence-corrected chi connectivity index (χ2v) is 17.7. The first-order valence-electron chi connectivity index (χ1n) is 19.1. The van der Waals surface area contributed by atoms with Gasteiger partial charge in [0.15, 0.2) is 5.78 Å². The summed E-state index contributed by atoms with van der Waals surface area (Å²) in [6, 6.07) is 20.9. The van der Waals surface area contributed by atoms with Crippen LogP contribution in [0.3, 0.4) is 0 Å². The van der Waals surface area contributed by atoms with Crippen molar-refractivity contribution in [1.29, 1.82) is 0 Å². The molecule has 0 saturated heterocycles. The summed E-state index contributed by atoms with van der Waals surface area (Å²) in [6.07, 6.45) is 7.78. The van der Waals surface area contributed by atoms with Crippen LogP contribution in [0.2, 0.25) is 0 Å². The predicted molar refractivity (Wildman–Crippen MR) is 224 cm³/mol. The standard InChI is InChI=1S/C32H30NOS.C15H28O2.Ir/c1-18(2)15-27-19(3)28-26(35-27)12-11-25-29(28)23-13-14-33-30(31(23)34-25)21-16-20-9-7-8-10-22(20)24(17-21)32(4,5)6;1-7-14(5,8-2)12(16)11-13(17)15(6,9-3)10-4;/h7-14,17-18H,15H2,1-6H3;11,16H,7-10H2,1-6H3;/q-1;;/b;12-11-;. The fourth-order valence-electron chi connectivity index (χ4n) is 7.00. The molecule has 0 aliphatic carbocycles. The summed E-state index contributed by atoms with van der Waals surface area (Å²) in [5.74, 6) is 0.920. The first-order valence-corrected chi connectivity index (χ1v) is 20.0. The first-order chi connectivity index (χ1) is 24.5. The van der Waals surface area contributed by atoms with Gasteiger partial charge in [-0.25, -0.2) is 0 Å². The van der Waals surface area contributed by atoms with Gasteiger partial charge in [-0.3, -0.25) is 9.78 Å². The summed E-state index contributed by atoms with van der Waals surface area (Å²) in [5, 5.41) is 16.2. The molecule has 285 valence electrons. The second kappa shape index (κ2) is 16.6. The number of thiophene rings is 1. The Morgan fingerprint density at radius 1 is 0.906 bits per heavy atom. The molecule has 0 spiro atoms. The van der Waals surface area contributed by atoms with Crippen molar-refractivity contribution in [3.05, 3.63) is 88.6 Å². The molecule has 6 rings (SSSR count). The number of ketones is 1. The van der Waals surface area contributed by atoms with Gasteiger partial charge in [0.05, 0.1) is 0 Å². The number of carbonyl (C=O) groups is 1. The van der Waals surface area contributed by atoms with Gasteiger partial charge in [-0.05, 0) is 74.1 Å². The molecule has 3 heterocycles. The zero-order valence-corrected chi connectivity index (χ0v) is 37.1. The number of aliphatic hydroxyl groups is 1. The van der Waals surface area contributed by atoms with Crippen LogP contribution in [0.25, 0.3) is 54.1 Å². The molecule has 3 aromatic carbocycles. The summed E-state index contributed by atoms with van der Waals surface area (Å²) < 4.78 is 7.88. The van der Waals surface area contributed by atoms with Crippen molar-refractivity contribution in [2.45, 2.75) is 121 Å². The van der Waals surface area contributed by atoms with Crippen LogP contribution in [-0.4, -0.2) is 15.9 Å². The first kappa shape index (κ1) is 42.4. The van der Waals surface area contributed by atoms with E-state index in [0.717, 1.165) is 65.3 Å². The molecule has 0 unspecified atom stereocenters. The zero-order chi connectivity index (χ0) is 38.2. The number of nitrogens with zero attached hydrogens (tertiary/aromatic N) is 1. The van der Waals surface area contributed by atoms with Gasteiger partial charge >= 0.3 is 0 Å². The number of aliphatic hydroxyl groups excluding tert-OH is 1. The minimum Gasteiger partial charge on any atom is -0.512 e. The van der Waals surface area contributed by atoms with Crippen molar-refractivity contribution in [2.24, 2.45) is 16.7 Å². The van der Waals surface area contributed by atoms with Gasteiger partial charge in [0.25, 0.3) is 0 Å². The van der Waals surface area contributed by atoms with Crippen LogP contribution < -0.4 is 0 Å². The van der Waals surface area contributed by atoms with Crippen molar-refractivity contribution < 1.29 is 34.4 Å². The topological polar surface area (TPSA) is 63.3 Å². The Morgan fingerprint density at radius 2 is 1.55 bits per heavy atom. The van der Waals surface area contributed by atoms with Crippen molar-refractivity contribution in [3.63, 3.8) is 0 Å². The maximum Gasteiger partial charge on any atom is 0.164 e. The van der Waals surface area contributed by atoms with Crippen molar-refractivity contribution in [1.82, 2.24) is 4.98 Å². The van der Waals surface area contributed by atoms with Gasteiger partial charge in [0, 0.05) is 74.6 Å². The van der Waals surface area contributed by atoms with Crippen LogP contribution in [0.5, 0.6) is 0 Å². The molecule has 53 heavy (non-hydrogen) atoms. The normalized spacial score (nSPS) is 12.8. The fourth-order valence-corrected chi connectivity index (χ4v) is 8.43. The number of allylic oxidation sites excluding steroid dienone is 2. The number of pyridine rings is 1. The summed E-state index contributed by atoms with van der Waals surface area (Å²) in [5.41, 5.74) is 5.69. The molecule has 0 bridgehead atoms. The Morgan fingerprint density at radius 3 is 2.15 bits per heavy atom.